The highest BCUT2D eigenvalue weighted by molar-refractivity contribution is 7.47. The van der Waals surface area contributed by atoms with Crippen LogP contribution in [0.1, 0.15) is 343 Å². The smallest absolute Gasteiger partial charge is 0.462 e. The van der Waals surface area contributed by atoms with E-state index in [1.54, 1.807) is 0 Å². The number of ether oxygens (including phenoxy) is 4. The number of hydrogen-bond donors (Lipinski definition) is 3. The molecular formula is C68H132O17P2. The zero-order valence-corrected chi connectivity index (χ0v) is 58.1. The number of rotatable bonds is 67. The van der Waals surface area contributed by atoms with Crippen LogP contribution >= 0.6 is 15.6 Å². The number of carbonyl (C=O) groups is 4. The van der Waals surface area contributed by atoms with Crippen LogP contribution in [0.3, 0.4) is 0 Å². The summed E-state index contributed by atoms with van der Waals surface area (Å²) in [6.07, 6.45) is 44.9. The third-order valence-electron chi connectivity index (χ3n) is 16.1. The Hall–Kier alpha value is -1.94. The van der Waals surface area contributed by atoms with Gasteiger partial charge in [0.05, 0.1) is 26.4 Å². The molecule has 0 aliphatic rings. The first kappa shape index (κ1) is 85.1. The third-order valence-corrected chi connectivity index (χ3v) is 18.0. The minimum Gasteiger partial charge on any atom is -0.462 e. The van der Waals surface area contributed by atoms with E-state index in [4.69, 9.17) is 37.0 Å². The molecule has 0 saturated carbocycles. The molecule has 0 bridgehead atoms. The molecule has 0 saturated heterocycles. The summed E-state index contributed by atoms with van der Waals surface area (Å²) >= 11 is 0. The Morgan fingerprint density at radius 2 is 0.586 bits per heavy atom. The number of carbonyl (C=O) groups excluding carboxylic acids is 4. The maximum absolute atomic E-state index is 13.0. The van der Waals surface area contributed by atoms with Crippen molar-refractivity contribution in [1.29, 1.82) is 0 Å². The molecule has 0 aliphatic carbocycles. The van der Waals surface area contributed by atoms with Gasteiger partial charge in [-0.1, -0.05) is 292 Å². The fourth-order valence-electron chi connectivity index (χ4n) is 10.2. The summed E-state index contributed by atoms with van der Waals surface area (Å²) < 4.78 is 67.9. The Kier molecular flexibility index (Phi) is 59.0. The highest BCUT2D eigenvalue weighted by Gasteiger charge is 2.30. The van der Waals surface area contributed by atoms with Crippen LogP contribution in [-0.2, 0) is 65.4 Å². The topological polar surface area (TPSA) is 237 Å². The molecule has 0 heterocycles. The number of hydrogen-bond acceptors (Lipinski definition) is 15. The molecule has 87 heavy (non-hydrogen) atoms. The molecule has 0 aromatic heterocycles. The van der Waals surface area contributed by atoms with E-state index in [0.29, 0.717) is 31.6 Å². The predicted octanol–water partition coefficient (Wildman–Crippen LogP) is 19.2. The van der Waals surface area contributed by atoms with E-state index in [1.165, 1.54) is 135 Å². The Morgan fingerprint density at radius 1 is 0.333 bits per heavy atom. The number of unbranched alkanes of at least 4 members (excludes halogenated alkanes) is 36. The summed E-state index contributed by atoms with van der Waals surface area (Å²) in [6.45, 7) is 9.47. The monoisotopic (exact) mass is 1280 g/mol. The minimum absolute atomic E-state index is 0.104. The van der Waals surface area contributed by atoms with Gasteiger partial charge in [0.15, 0.2) is 12.2 Å². The number of aliphatic hydroxyl groups is 1. The van der Waals surface area contributed by atoms with Crippen molar-refractivity contribution in [3.05, 3.63) is 0 Å². The summed E-state index contributed by atoms with van der Waals surface area (Å²) in [5, 5.41) is 10.5. The highest BCUT2D eigenvalue weighted by Crippen LogP contribution is 2.45. The van der Waals surface area contributed by atoms with Crippen LogP contribution in [0.15, 0.2) is 0 Å². The summed E-state index contributed by atoms with van der Waals surface area (Å²) in [7, 11) is -9.88. The lowest BCUT2D eigenvalue weighted by molar-refractivity contribution is -0.161. The van der Waals surface area contributed by atoms with E-state index < -0.39 is 97.5 Å². The Morgan fingerprint density at radius 3 is 0.874 bits per heavy atom. The Labute approximate surface area is 530 Å². The van der Waals surface area contributed by atoms with E-state index in [9.17, 15) is 43.2 Å². The normalized spacial score (nSPS) is 14.5. The average molecular weight is 1280 g/mol. The quantitative estimate of drug-likeness (QED) is 0.0222. The first-order valence-electron chi connectivity index (χ1n) is 35.5. The number of phosphoric acid groups is 2. The van der Waals surface area contributed by atoms with Crippen molar-refractivity contribution >= 4 is 39.5 Å². The molecule has 17 nitrogen and oxygen atoms in total. The molecule has 0 aromatic carbocycles. The molecule has 3 N–H and O–H groups in total. The molecule has 0 radical (unpaired) electrons. The summed E-state index contributed by atoms with van der Waals surface area (Å²) in [5.74, 6) is -0.561. The van der Waals surface area contributed by atoms with Gasteiger partial charge in [-0.25, -0.2) is 9.13 Å². The zero-order valence-electron chi connectivity index (χ0n) is 56.3. The van der Waals surface area contributed by atoms with E-state index in [1.807, 2.05) is 0 Å². The van der Waals surface area contributed by atoms with Gasteiger partial charge in [-0.15, -0.1) is 0 Å². The van der Waals surface area contributed by atoms with Crippen molar-refractivity contribution in [2.24, 2.45) is 11.8 Å². The fraction of sp³-hybridized carbons (Fsp3) is 0.941. The Bertz CT molecular complexity index is 1700. The molecule has 6 atom stereocenters. The first-order chi connectivity index (χ1) is 41.9. The van der Waals surface area contributed by atoms with Gasteiger partial charge < -0.3 is 33.8 Å². The van der Waals surface area contributed by atoms with Crippen molar-refractivity contribution in [2.75, 3.05) is 39.6 Å². The van der Waals surface area contributed by atoms with Gasteiger partial charge in [0.1, 0.15) is 19.3 Å². The standard InChI is InChI=1S/C68H132O17P2/c1-7-10-12-14-16-33-40-46-52-67(72)84-63(56-78-65(70)50-44-38-30-15-13-11-8-2)58-82-86(74,75)80-54-62(69)55-81-87(76,77)83-59-64(57-79-66(71)51-45-39-35-29-31-36-42-48-60(4)5)85-68(73)53-47-41-34-28-26-24-22-20-18-17-19-21-23-25-27-32-37-43-49-61(6)9-3/h60-64,69H,7-59H2,1-6H3,(H,74,75)(H,76,77)/t61?,62-,63+,64+/m0/s1. The second kappa shape index (κ2) is 60.3. The van der Waals surface area contributed by atoms with E-state index in [-0.39, 0.29) is 25.7 Å². The SMILES string of the molecule is CCCCCCCCCCC(=O)O[C@H](COC(=O)CCCCCCCCC)COP(=O)(O)OC[C@H](O)COP(=O)(O)OC[C@@H](COC(=O)CCCCCCCCCC(C)C)OC(=O)CCCCCCCCCCCCCCCCCCCCC(C)CC. The first-order valence-corrected chi connectivity index (χ1v) is 38.5. The molecule has 3 unspecified atom stereocenters. The van der Waals surface area contributed by atoms with Gasteiger partial charge >= 0.3 is 39.5 Å². The summed E-state index contributed by atoms with van der Waals surface area (Å²) in [4.78, 5) is 72.1. The van der Waals surface area contributed by atoms with Crippen LogP contribution < -0.4 is 0 Å². The maximum atomic E-state index is 13.0. The number of aliphatic hydroxyl groups excluding tert-OH is 1. The van der Waals surface area contributed by atoms with Gasteiger partial charge in [-0.3, -0.25) is 37.3 Å². The van der Waals surface area contributed by atoms with Crippen molar-refractivity contribution in [3.8, 4) is 0 Å². The van der Waals surface area contributed by atoms with Crippen LogP contribution in [0.2, 0.25) is 0 Å². The largest absolute Gasteiger partial charge is 0.472 e. The molecule has 0 aliphatic heterocycles. The van der Waals surface area contributed by atoms with Gasteiger partial charge in [0, 0.05) is 25.7 Å². The lowest BCUT2D eigenvalue weighted by Crippen LogP contribution is -2.30. The highest BCUT2D eigenvalue weighted by atomic mass is 31.2. The van der Waals surface area contributed by atoms with E-state index in [0.717, 1.165) is 121 Å². The van der Waals surface area contributed by atoms with E-state index >= 15 is 0 Å². The lowest BCUT2D eigenvalue weighted by Gasteiger charge is -2.21. The number of esters is 4. The van der Waals surface area contributed by atoms with Gasteiger partial charge in [0.25, 0.3) is 0 Å². The van der Waals surface area contributed by atoms with Gasteiger partial charge in [-0.2, -0.15) is 0 Å². The molecule has 0 fully saturated rings. The molecule has 516 valence electrons. The predicted molar refractivity (Wildman–Crippen MR) is 349 cm³/mol. The van der Waals surface area contributed by atoms with Gasteiger partial charge in [0.2, 0.25) is 0 Å². The lowest BCUT2D eigenvalue weighted by atomic mass is 9.99. The maximum Gasteiger partial charge on any atom is 0.472 e. The molecule has 0 aromatic rings. The summed E-state index contributed by atoms with van der Waals surface area (Å²) in [5.41, 5.74) is 0. The average Bonchev–Trinajstić information content (AvgIpc) is 3.69. The van der Waals surface area contributed by atoms with Crippen molar-refractivity contribution in [1.82, 2.24) is 0 Å². The number of phosphoric ester groups is 2. The van der Waals surface area contributed by atoms with Gasteiger partial charge in [-0.05, 0) is 37.5 Å². The van der Waals surface area contributed by atoms with Crippen molar-refractivity contribution in [3.63, 3.8) is 0 Å². The molecule has 0 spiro atoms. The van der Waals surface area contributed by atoms with Crippen molar-refractivity contribution in [2.45, 2.75) is 362 Å². The van der Waals surface area contributed by atoms with E-state index in [2.05, 4.69) is 41.5 Å². The molecule has 0 amide bonds. The third kappa shape index (κ3) is 61.3. The molecule has 19 heteroatoms. The molecule has 0 rings (SSSR count). The second-order valence-electron chi connectivity index (χ2n) is 25.3. The van der Waals surface area contributed by atoms with Crippen LogP contribution in [0.4, 0.5) is 0 Å². The van der Waals surface area contributed by atoms with Crippen LogP contribution in [0.25, 0.3) is 0 Å². The van der Waals surface area contributed by atoms with Crippen LogP contribution in [0, 0.1) is 11.8 Å². The Balaban J connectivity index is 5.08. The second-order valence-corrected chi connectivity index (χ2v) is 28.2. The van der Waals surface area contributed by atoms with Crippen LogP contribution in [0.5, 0.6) is 0 Å². The zero-order chi connectivity index (χ0) is 64.3. The van der Waals surface area contributed by atoms with Crippen molar-refractivity contribution < 1.29 is 80.2 Å². The summed E-state index contributed by atoms with van der Waals surface area (Å²) in [6, 6.07) is 0. The van der Waals surface area contributed by atoms with Crippen LogP contribution in [-0.4, -0.2) is 96.7 Å². The fourth-order valence-corrected chi connectivity index (χ4v) is 11.8. The molecular weight excluding hydrogens is 1150 g/mol. The minimum atomic E-state index is -4.95.